The quantitative estimate of drug-likeness (QED) is 0.774. The van der Waals surface area contributed by atoms with Gasteiger partial charge in [0.25, 0.3) is 0 Å². The Bertz CT molecular complexity index is 369. The lowest BCUT2D eigenvalue weighted by atomic mass is 9.95. The summed E-state index contributed by atoms with van der Waals surface area (Å²) < 4.78 is 10.1. The van der Waals surface area contributed by atoms with Crippen molar-refractivity contribution in [1.29, 1.82) is 0 Å². The Balaban J connectivity index is 1.84. The van der Waals surface area contributed by atoms with E-state index in [4.69, 9.17) is 9.47 Å². The molecular formula is C15H26N2O4. The lowest BCUT2D eigenvalue weighted by Crippen LogP contribution is -2.55. The number of hydrogen-bond acceptors (Lipinski definition) is 5. The van der Waals surface area contributed by atoms with Crippen molar-refractivity contribution in [3.8, 4) is 0 Å². The van der Waals surface area contributed by atoms with Crippen LogP contribution < -0.4 is 5.32 Å². The average molecular weight is 298 g/mol. The molecule has 0 aromatic heterocycles. The lowest BCUT2D eigenvalue weighted by molar-refractivity contribution is -0.161. The fraction of sp³-hybridized carbons (Fsp3) is 0.867. The highest BCUT2D eigenvalue weighted by Gasteiger charge is 2.32. The molecule has 1 aliphatic carbocycles. The van der Waals surface area contributed by atoms with Crippen molar-refractivity contribution in [2.24, 2.45) is 0 Å². The minimum absolute atomic E-state index is 0.0485. The highest BCUT2D eigenvalue weighted by molar-refractivity contribution is 5.82. The van der Waals surface area contributed by atoms with Gasteiger partial charge in [-0.25, -0.2) is 4.79 Å². The smallest absolute Gasteiger partial charge is 0.336 e. The van der Waals surface area contributed by atoms with E-state index in [0.29, 0.717) is 25.7 Å². The predicted octanol–water partition coefficient (Wildman–Crippen LogP) is 0.698. The third-order valence-electron chi connectivity index (χ3n) is 4.44. The van der Waals surface area contributed by atoms with Crippen LogP contribution in [0.15, 0.2) is 0 Å². The number of nitrogens with zero attached hydrogens (tertiary/aromatic N) is 1. The van der Waals surface area contributed by atoms with Crippen molar-refractivity contribution in [2.75, 3.05) is 26.8 Å². The molecule has 2 atom stereocenters. The van der Waals surface area contributed by atoms with E-state index < -0.39 is 6.10 Å². The molecule has 1 aliphatic heterocycles. The third-order valence-corrected chi connectivity index (χ3v) is 4.44. The lowest BCUT2D eigenvalue weighted by Gasteiger charge is -2.35. The summed E-state index contributed by atoms with van der Waals surface area (Å²) >= 11 is 0. The predicted molar refractivity (Wildman–Crippen MR) is 77.8 cm³/mol. The van der Waals surface area contributed by atoms with Crippen LogP contribution in [0.4, 0.5) is 0 Å². The average Bonchev–Trinajstić information content (AvgIpc) is 2.54. The second-order valence-electron chi connectivity index (χ2n) is 5.90. The van der Waals surface area contributed by atoms with Gasteiger partial charge in [-0.1, -0.05) is 19.3 Å². The highest BCUT2D eigenvalue weighted by Crippen LogP contribution is 2.18. The van der Waals surface area contributed by atoms with Crippen molar-refractivity contribution in [1.82, 2.24) is 10.2 Å². The van der Waals surface area contributed by atoms with Crippen LogP contribution in [0.1, 0.15) is 39.0 Å². The third kappa shape index (κ3) is 4.41. The zero-order valence-corrected chi connectivity index (χ0v) is 13.0. The second kappa shape index (κ2) is 7.75. The summed E-state index contributed by atoms with van der Waals surface area (Å²) in [6, 6.07) is 0.0640. The van der Waals surface area contributed by atoms with E-state index in [0.717, 1.165) is 12.8 Å². The van der Waals surface area contributed by atoms with Crippen LogP contribution in [0.5, 0.6) is 0 Å². The Hall–Kier alpha value is -1.14. The van der Waals surface area contributed by atoms with Gasteiger partial charge in [-0.3, -0.25) is 9.69 Å². The number of morpholine rings is 1. The standard InChI is InChI=1S/C15H26N2O4/c1-11(14(18)16-12-6-4-3-5-7-12)17-8-9-21-13(10-17)15(19)20-2/h11-13H,3-10H2,1-2H3,(H,16,18). The highest BCUT2D eigenvalue weighted by atomic mass is 16.6. The van der Waals surface area contributed by atoms with Gasteiger partial charge in [0.1, 0.15) is 0 Å². The summed E-state index contributed by atoms with van der Waals surface area (Å²) in [5.74, 6) is -0.327. The second-order valence-corrected chi connectivity index (χ2v) is 5.90. The number of amides is 1. The SMILES string of the molecule is COC(=O)C1CN(C(C)C(=O)NC2CCCCC2)CCO1. The minimum atomic E-state index is -0.589. The van der Waals surface area contributed by atoms with E-state index >= 15 is 0 Å². The van der Waals surface area contributed by atoms with Crippen molar-refractivity contribution in [2.45, 2.75) is 57.2 Å². The fourth-order valence-electron chi connectivity index (χ4n) is 3.03. The van der Waals surface area contributed by atoms with E-state index in [1.807, 2.05) is 11.8 Å². The number of nitrogens with one attached hydrogen (secondary N) is 1. The first-order valence-electron chi connectivity index (χ1n) is 7.85. The van der Waals surface area contributed by atoms with Crippen molar-refractivity contribution in [3.05, 3.63) is 0 Å². The molecule has 6 heteroatoms. The number of hydrogen-bond donors (Lipinski definition) is 1. The molecule has 1 saturated heterocycles. The van der Waals surface area contributed by atoms with Gasteiger partial charge in [0.15, 0.2) is 6.10 Å². The maximum Gasteiger partial charge on any atom is 0.336 e. The Morgan fingerprint density at radius 3 is 2.67 bits per heavy atom. The molecule has 2 fully saturated rings. The van der Waals surface area contributed by atoms with Gasteiger partial charge < -0.3 is 14.8 Å². The van der Waals surface area contributed by atoms with Crippen molar-refractivity contribution < 1.29 is 19.1 Å². The van der Waals surface area contributed by atoms with Crippen LogP contribution >= 0.6 is 0 Å². The number of rotatable bonds is 4. The molecule has 21 heavy (non-hydrogen) atoms. The fourth-order valence-corrected chi connectivity index (χ4v) is 3.03. The van der Waals surface area contributed by atoms with E-state index in [1.54, 1.807) is 0 Å². The Kier molecular flexibility index (Phi) is 5.99. The summed E-state index contributed by atoms with van der Waals surface area (Å²) in [7, 11) is 1.35. The molecule has 2 rings (SSSR count). The first kappa shape index (κ1) is 16.2. The van der Waals surface area contributed by atoms with Gasteiger partial charge >= 0.3 is 5.97 Å². The molecule has 2 unspecified atom stereocenters. The first-order chi connectivity index (χ1) is 10.1. The van der Waals surface area contributed by atoms with Gasteiger partial charge in [0.05, 0.1) is 19.8 Å². The molecule has 6 nitrogen and oxygen atoms in total. The Labute approximate surface area is 126 Å². The van der Waals surface area contributed by atoms with Crippen LogP contribution in [0.25, 0.3) is 0 Å². The molecule has 2 aliphatic rings. The molecule has 0 radical (unpaired) electrons. The molecule has 120 valence electrons. The van der Waals surface area contributed by atoms with Crippen LogP contribution in [0.2, 0.25) is 0 Å². The van der Waals surface area contributed by atoms with Crippen LogP contribution in [0, 0.1) is 0 Å². The molecule has 1 heterocycles. The molecule has 0 bridgehead atoms. The minimum Gasteiger partial charge on any atom is -0.467 e. The van der Waals surface area contributed by atoms with E-state index in [2.05, 4.69) is 5.32 Å². The number of carbonyl (C=O) groups is 2. The summed E-state index contributed by atoms with van der Waals surface area (Å²) in [5, 5.41) is 3.14. The van der Waals surface area contributed by atoms with Gasteiger partial charge in [0, 0.05) is 19.1 Å². The van der Waals surface area contributed by atoms with Gasteiger partial charge in [0.2, 0.25) is 5.91 Å². The number of esters is 1. The van der Waals surface area contributed by atoms with Crippen LogP contribution in [-0.4, -0.2) is 61.8 Å². The number of methoxy groups -OCH3 is 1. The summed E-state index contributed by atoms with van der Waals surface area (Å²) in [4.78, 5) is 25.9. The molecular weight excluding hydrogens is 272 g/mol. The molecule has 0 aromatic carbocycles. The normalized spacial score (nSPS) is 26.1. The van der Waals surface area contributed by atoms with Crippen LogP contribution in [-0.2, 0) is 19.1 Å². The van der Waals surface area contributed by atoms with E-state index in [-0.39, 0.29) is 17.9 Å². The molecule has 0 aromatic rings. The summed E-state index contributed by atoms with van der Waals surface area (Å²) in [6.45, 7) is 3.40. The number of carbonyl (C=O) groups excluding carboxylic acids is 2. The Morgan fingerprint density at radius 2 is 2.00 bits per heavy atom. The zero-order valence-electron chi connectivity index (χ0n) is 13.0. The topological polar surface area (TPSA) is 67.9 Å². The molecule has 1 N–H and O–H groups in total. The first-order valence-corrected chi connectivity index (χ1v) is 7.85. The van der Waals surface area contributed by atoms with Crippen molar-refractivity contribution in [3.63, 3.8) is 0 Å². The molecule has 1 amide bonds. The summed E-state index contributed by atoms with van der Waals surface area (Å²) in [6.07, 6.45) is 5.22. The largest absolute Gasteiger partial charge is 0.467 e. The van der Waals surface area contributed by atoms with Gasteiger partial charge in [-0.05, 0) is 19.8 Å². The van der Waals surface area contributed by atoms with E-state index in [1.165, 1.54) is 26.4 Å². The van der Waals surface area contributed by atoms with Crippen molar-refractivity contribution >= 4 is 11.9 Å². The Morgan fingerprint density at radius 1 is 1.29 bits per heavy atom. The number of ether oxygens (including phenoxy) is 2. The summed E-state index contributed by atoms with van der Waals surface area (Å²) in [5.41, 5.74) is 0. The van der Waals surface area contributed by atoms with Crippen LogP contribution in [0.3, 0.4) is 0 Å². The molecule has 1 saturated carbocycles. The maximum absolute atomic E-state index is 12.3. The van der Waals surface area contributed by atoms with E-state index in [9.17, 15) is 9.59 Å². The maximum atomic E-state index is 12.3. The van der Waals surface area contributed by atoms with Gasteiger partial charge in [-0.15, -0.1) is 0 Å². The zero-order chi connectivity index (χ0) is 15.2. The molecule has 0 spiro atoms. The monoisotopic (exact) mass is 298 g/mol. The van der Waals surface area contributed by atoms with Gasteiger partial charge in [-0.2, -0.15) is 0 Å².